The fourth-order valence-electron chi connectivity index (χ4n) is 3.01. The molecule has 1 heterocycles. The minimum atomic E-state index is -1.15. The van der Waals surface area contributed by atoms with E-state index in [1.165, 1.54) is 7.11 Å². The molecule has 0 aliphatic carbocycles. The van der Waals surface area contributed by atoms with E-state index in [2.05, 4.69) is 0 Å². The molecule has 1 atom stereocenters. The van der Waals surface area contributed by atoms with E-state index in [1.54, 1.807) is 29.2 Å². The van der Waals surface area contributed by atoms with Gasteiger partial charge in [0.25, 0.3) is 0 Å². The van der Waals surface area contributed by atoms with E-state index < -0.39 is 17.6 Å². The Morgan fingerprint density at radius 1 is 1.20 bits per heavy atom. The van der Waals surface area contributed by atoms with E-state index >= 15 is 0 Å². The van der Waals surface area contributed by atoms with Crippen molar-refractivity contribution in [1.82, 2.24) is 4.90 Å². The lowest BCUT2D eigenvalue weighted by Gasteiger charge is -2.37. The van der Waals surface area contributed by atoms with Gasteiger partial charge in [-0.15, -0.1) is 0 Å². The number of para-hydroxylation sites is 1. The van der Waals surface area contributed by atoms with Crippen LogP contribution in [0.2, 0.25) is 0 Å². The van der Waals surface area contributed by atoms with Crippen molar-refractivity contribution >= 4 is 12.1 Å². The quantitative estimate of drug-likeness (QED) is 0.801. The van der Waals surface area contributed by atoms with Crippen molar-refractivity contribution in [2.24, 2.45) is 0 Å². The monoisotopic (exact) mass is 350 g/mol. The molecule has 0 aromatic heterocycles. The lowest BCUT2D eigenvalue weighted by Crippen LogP contribution is -3.16. The van der Waals surface area contributed by atoms with Gasteiger partial charge in [-0.1, -0.05) is 12.1 Å². The zero-order chi connectivity index (χ0) is 18.6. The second-order valence-corrected chi connectivity index (χ2v) is 7.12. The van der Waals surface area contributed by atoms with Gasteiger partial charge < -0.3 is 24.3 Å². The molecule has 1 aromatic rings. The van der Waals surface area contributed by atoms with Crippen molar-refractivity contribution in [2.45, 2.75) is 32.4 Å². The maximum absolute atomic E-state index is 12.1. The largest absolute Gasteiger partial charge is 0.544 e. The molecule has 2 rings (SSSR count). The van der Waals surface area contributed by atoms with E-state index in [1.807, 2.05) is 20.8 Å². The number of carboxylic acid groups (broad SMARTS) is 1. The third kappa shape index (κ3) is 4.85. The Morgan fingerprint density at radius 2 is 1.80 bits per heavy atom. The van der Waals surface area contributed by atoms with Gasteiger partial charge in [0.1, 0.15) is 17.3 Å². The number of carboxylic acids is 1. The van der Waals surface area contributed by atoms with Gasteiger partial charge in [0.05, 0.1) is 38.9 Å². The van der Waals surface area contributed by atoms with Crippen LogP contribution in [0.4, 0.5) is 4.79 Å². The molecule has 138 valence electrons. The van der Waals surface area contributed by atoms with E-state index in [-0.39, 0.29) is 6.09 Å². The van der Waals surface area contributed by atoms with Gasteiger partial charge in [-0.2, -0.15) is 0 Å². The Kier molecular flexibility index (Phi) is 5.89. The number of benzene rings is 1. The number of piperazine rings is 1. The molecule has 1 aromatic carbocycles. The van der Waals surface area contributed by atoms with Crippen molar-refractivity contribution in [2.75, 3.05) is 33.3 Å². The van der Waals surface area contributed by atoms with Gasteiger partial charge in [0.2, 0.25) is 0 Å². The Morgan fingerprint density at radius 3 is 2.32 bits per heavy atom. The summed E-state index contributed by atoms with van der Waals surface area (Å²) in [6.07, 6.45) is -0.367. The highest BCUT2D eigenvalue weighted by Crippen LogP contribution is 2.23. The third-order valence-electron chi connectivity index (χ3n) is 4.15. The number of carbonyl (C=O) groups is 2. The molecular weight excluding hydrogens is 324 g/mol. The standard InChI is InChI=1S/C18H26N2O5/c1-18(2,3)25-17(23)20-11-9-19(10-12-20)15(16(21)22)13-7-5-6-8-14(13)24-4/h5-8,15H,9-12H2,1-4H3,(H,21,22)/t15-/m1/s1. The molecule has 0 spiro atoms. The average Bonchev–Trinajstić information content (AvgIpc) is 2.54. The van der Waals surface area contributed by atoms with Gasteiger partial charge in [-0.05, 0) is 32.9 Å². The number of ether oxygens (including phenoxy) is 2. The summed E-state index contributed by atoms with van der Waals surface area (Å²) in [5.74, 6) is -0.621. The number of methoxy groups -OCH3 is 1. The Hall–Kier alpha value is -2.28. The highest BCUT2D eigenvalue weighted by Gasteiger charge is 2.34. The number of hydrogen-bond donors (Lipinski definition) is 1. The van der Waals surface area contributed by atoms with Gasteiger partial charge in [-0.25, -0.2) is 4.79 Å². The van der Waals surface area contributed by atoms with Crippen molar-refractivity contribution in [1.29, 1.82) is 0 Å². The van der Waals surface area contributed by atoms with Crippen LogP contribution < -0.4 is 14.7 Å². The zero-order valence-corrected chi connectivity index (χ0v) is 15.2. The first-order valence-corrected chi connectivity index (χ1v) is 8.39. The number of nitrogens with one attached hydrogen (secondary N) is 1. The normalized spacial score (nSPS) is 17.0. The molecular formula is C18H26N2O5. The maximum Gasteiger partial charge on any atom is 0.410 e. The number of nitrogens with zero attached hydrogens (tertiary/aromatic N) is 1. The molecule has 0 bridgehead atoms. The molecule has 1 aliphatic heterocycles. The summed E-state index contributed by atoms with van der Waals surface area (Å²) in [7, 11) is 1.51. The second-order valence-electron chi connectivity index (χ2n) is 7.12. The molecule has 1 aliphatic rings. The van der Waals surface area contributed by atoms with Crippen LogP contribution in [0.25, 0.3) is 0 Å². The molecule has 25 heavy (non-hydrogen) atoms. The van der Waals surface area contributed by atoms with E-state index in [4.69, 9.17) is 9.47 Å². The van der Waals surface area contributed by atoms with Crippen LogP contribution in [0.5, 0.6) is 5.75 Å². The van der Waals surface area contributed by atoms with Crippen LogP contribution in [0, 0.1) is 0 Å². The molecule has 0 unspecified atom stereocenters. The first-order chi connectivity index (χ1) is 11.7. The summed E-state index contributed by atoms with van der Waals surface area (Å²) in [5, 5.41) is 11.8. The number of rotatable bonds is 4. The van der Waals surface area contributed by atoms with Crippen LogP contribution in [-0.4, -0.2) is 55.9 Å². The number of quaternary nitrogens is 1. The summed E-state index contributed by atoms with van der Waals surface area (Å²) in [4.78, 5) is 26.4. The van der Waals surface area contributed by atoms with Crippen LogP contribution in [0.3, 0.4) is 0 Å². The lowest BCUT2D eigenvalue weighted by atomic mass is 10.0. The molecule has 0 saturated carbocycles. The van der Waals surface area contributed by atoms with E-state index in [9.17, 15) is 14.7 Å². The van der Waals surface area contributed by atoms with Crippen LogP contribution in [0.15, 0.2) is 24.3 Å². The van der Waals surface area contributed by atoms with E-state index in [0.29, 0.717) is 37.5 Å². The highest BCUT2D eigenvalue weighted by molar-refractivity contribution is 5.73. The van der Waals surface area contributed by atoms with E-state index in [0.717, 1.165) is 4.90 Å². The van der Waals surface area contributed by atoms with Crippen molar-refractivity contribution < 1.29 is 29.1 Å². The van der Waals surface area contributed by atoms with Gasteiger partial charge >= 0.3 is 6.09 Å². The van der Waals surface area contributed by atoms with Gasteiger partial charge in [0.15, 0.2) is 6.04 Å². The predicted octanol–water partition coefficient (Wildman–Crippen LogP) is -0.378. The van der Waals surface area contributed by atoms with Crippen LogP contribution in [0.1, 0.15) is 32.4 Å². The molecule has 7 heteroatoms. The fraction of sp³-hybridized carbons (Fsp3) is 0.556. The molecule has 1 N–H and O–H groups in total. The topological polar surface area (TPSA) is 83.3 Å². The molecule has 1 saturated heterocycles. The number of hydrogen-bond acceptors (Lipinski definition) is 5. The highest BCUT2D eigenvalue weighted by atomic mass is 16.6. The third-order valence-corrected chi connectivity index (χ3v) is 4.15. The number of aliphatic carboxylic acids is 1. The summed E-state index contributed by atoms with van der Waals surface area (Å²) >= 11 is 0. The maximum atomic E-state index is 12.1. The molecule has 1 amide bonds. The molecule has 7 nitrogen and oxygen atoms in total. The van der Waals surface area contributed by atoms with Crippen molar-refractivity contribution in [3.8, 4) is 5.75 Å². The van der Waals surface area contributed by atoms with Gasteiger partial charge in [0, 0.05) is 0 Å². The predicted molar refractivity (Wildman–Crippen MR) is 89.2 cm³/mol. The Balaban J connectivity index is 2.09. The SMILES string of the molecule is COc1ccccc1[C@H](C(=O)[O-])[NH+]1CCN(C(=O)OC(C)(C)C)CC1. The summed E-state index contributed by atoms with van der Waals surface area (Å²) in [6, 6.07) is 6.22. The summed E-state index contributed by atoms with van der Waals surface area (Å²) in [6.45, 7) is 7.32. The van der Waals surface area contributed by atoms with Gasteiger partial charge in [-0.3, -0.25) is 4.90 Å². The lowest BCUT2D eigenvalue weighted by molar-refractivity contribution is -0.928. The van der Waals surface area contributed by atoms with Crippen LogP contribution in [-0.2, 0) is 9.53 Å². The molecule has 0 radical (unpaired) electrons. The minimum absolute atomic E-state index is 0.367. The smallest absolute Gasteiger partial charge is 0.410 e. The van der Waals surface area contributed by atoms with Crippen molar-refractivity contribution in [3.63, 3.8) is 0 Å². The number of carbonyl (C=O) groups excluding carboxylic acids is 2. The van der Waals surface area contributed by atoms with Crippen molar-refractivity contribution in [3.05, 3.63) is 29.8 Å². The minimum Gasteiger partial charge on any atom is -0.544 e. The summed E-state index contributed by atoms with van der Waals surface area (Å²) in [5.41, 5.74) is 0.0390. The fourth-order valence-corrected chi connectivity index (χ4v) is 3.01. The molecule has 1 fully saturated rings. The Bertz CT molecular complexity index is 618. The first kappa shape index (κ1) is 19.1. The zero-order valence-electron chi connectivity index (χ0n) is 15.2. The summed E-state index contributed by atoms with van der Waals surface area (Å²) < 4.78 is 10.7. The number of amides is 1. The average molecular weight is 350 g/mol. The van der Waals surface area contributed by atoms with Crippen LogP contribution >= 0.6 is 0 Å². The second kappa shape index (κ2) is 7.74. The Labute approximate surface area is 148 Å². The first-order valence-electron chi connectivity index (χ1n) is 8.39.